The number of anilines is 1. The quantitative estimate of drug-likeness (QED) is 0.636. The second-order valence-electron chi connectivity index (χ2n) is 4.91. The second-order valence-corrected chi connectivity index (χ2v) is 5.71. The number of amides is 1. The van der Waals surface area contributed by atoms with Gasteiger partial charge in [0.1, 0.15) is 5.75 Å². The van der Waals surface area contributed by atoms with E-state index in [-0.39, 0.29) is 15.8 Å². The number of thiocarbonyl (C=S) groups is 1. The Hall–Kier alpha value is -2.32. The van der Waals surface area contributed by atoms with Crippen molar-refractivity contribution in [1.82, 2.24) is 15.2 Å². The van der Waals surface area contributed by atoms with Gasteiger partial charge in [0, 0.05) is 7.05 Å². The zero-order valence-corrected chi connectivity index (χ0v) is 15.1. The molecule has 1 amide bonds. The number of nitrogens with zero attached hydrogens (tertiary/aromatic N) is 3. The van der Waals surface area contributed by atoms with Gasteiger partial charge in [0.05, 0.1) is 23.0 Å². The van der Waals surface area contributed by atoms with Crippen molar-refractivity contribution >= 4 is 40.5 Å². The molecular weight excluding hydrogens is 350 g/mol. The van der Waals surface area contributed by atoms with E-state index in [2.05, 4.69) is 10.5 Å². The van der Waals surface area contributed by atoms with E-state index in [4.69, 9.17) is 34.3 Å². The lowest BCUT2D eigenvalue weighted by molar-refractivity contribution is 0.0949. The summed E-state index contributed by atoms with van der Waals surface area (Å²) in [7, 11) is 1.70. The Morgan fingerprint density at radius 3 is 2.54 bits per heavy atom. The molecule has 0 saturated carbocycles. The molecule has 0 radical (unpaired) electrons. The first-order valence-corrected chi connectivity index (χ1v) is 7.96. The van der Waals surface area contributed by atoms with Gasteiger partial charge < -0.3 is 10.5 Å². The molecule has 0 atom stereocenters. The molecule has 128 valence electrons. The lowest BCUT2D eigenvalue weighted by Gasteiger charge is -2.23. The van der Waals surface area contributed by atoms with Crippen LogP contribution in [-0.4, -0.2) is 27.4 Å². The van der Waals surface area contributed by atoms with E-state index in [0.717, 1.165) is 0 Å². The van der Waals surface area contributed by atoms with E-state index in [1.165, 1.54) is 9.69 Å². The highest BCUT2D eigenvalue weighted by molar-refractivity contribution is 7.80. The van der Waals surface area contributed by atoms with Crippen LogP contribution in [-0.2, 0) is 7.05 Å². The van der Waals surface area contributed by atoms with Crippen LogP contribution in [0, 0.1) is 6.92 Å². The fourth-order valence-corrected chi connectivity index (χ4v) is 2.38. The van der Waals surface area contributed by atoms with Crippen LogP contribution in [0.1, 0.15) is 23.1 Å². The Kier molecular flexibility index (Phi) is 5.63. The summed E-state index contributed by atoms with van der Waals surface area (Å²) in [5.41, 5.74) is 9.70. The minimum absolute atomic E-state index is 0.0173. The van der Waals surface area contributed by atoms with Crippen molar-refractivity contribution in [3.63, 3.8) is 0 Å². The van der Waals surface area contributed by atoms with Gasteiger partial charge in [-0.15, -0.1) is 0 Å². The topological polar surface area (TPSA) is 85.4 Å². The molecule has 2 rings (SSSR count). The Morgan fingerprint density at radius 1 is 1.46 bits per heavy atom. The Balaban J connectivity index is 2.23. The average Bonchev–Trinajstić information content (AvgIpc) is 2.81. The summed E-state index contributed by atoms with van der Waals surface area (Å²) in [6, 6.07) is 6.98. The third kappa shape index (κ3) is 3.77. The number of rotatable bonds is 4. The first-order valence-electron chi connectivity index (χ1n) is 7.17. The standard InChI is InChI=1S/C15H18ClN5O2S/c1-4-23-11-7-5-10(6-8-11)21(15(17)24)19-14(22)13-12(16)9(2)20(3)18-13/h5-8H,4H2,1-3H3,(H2,17,24)(H,19,22). The molecule has 0 aliphatic heterocycles. The lowest BCUT2D eigenvalue weighted by atomic mass is 10.3. The van der Waals surface area contributed by atoms with Crippen LogP contribution in [0.25, 0.3) is 0 Å². The van der Waals surface area contributed by atoms with Crippen LogP contribution >= 0.6 is 23.8 Å². The number of aromatic nitrogens is 2. The number of carbonyl (C=O) groups is 1. The summed E-state index contributed by atoms with van der Waals surface area (Å²) in [6.07, 6.45) is 0. The van der Waals surface area contributed by atoms with Crippen LogP contribution in [0.2, 0.25) is 5.02 Å². The first kappa shape index (κ1) is 18.0. The van der Waals surface area contributed by atoms with E-state index < -0.39 is 5.91 Å². The molecule has 0 saturated heterocycles. The molecule has 0 bridgehead atoms. The van der Waals surface area contributed by atoms with Crippen LogP contribution in [0.4, 0.5) is 5.69 Å². The summed E-state index contributed by atoms with van der Waals surface area (Å²) in [5.74, 6) is 0.198. The van der Waals surface area contributed by atoms with Gasteiger partial charge >= 0.3 is 0 Å². The van der Waals surface area contributed by atoms with Gasteiger partial charge in [-0.2, -0.15) is 5.10 Å². The molecule has 3 N–H and O–H groups in total. The number of hydrazine groups is 1. The predicted octanol–water partition coefficient (Wildman–Crippen LogP) is 2.18. The summed E-state index contributed by atoms with van der Waals surface area (Å²) in [4.78, 5) is 12.4. The van der Waals surface area contributed by atoms with E-state index in [1.54, 1.807) is 38.2 Å². The predicted molar refractivity (Wildman–Crippen MR) is 97.3 cm³/mol. The highest BCUT2D eigenvalue weighted by Gasteiger charge is 2.21. The number of halogens is 1. The van der Waals surface area contributed by atoms with Crippen molar-refractivity contribution in [2.24, 2.45) is 12.8 Å². The minimum atomic E-state index is -0.509. The summed E-state index contributed by atoms with van der Waals surface area (Å²) in [6.45, 7) is 4.23. The normalized spacial score (nSPS) is 10.3. The molecule has 7 nitrogen and oxygen atoms in total. The summed E-state index contributed by atoms with van der Waals surface area (Å²) in [5, 5.41) is 5.65. The minimum Gasteiger partial charge on any atom is -0.494 e. The highest BCUT2D eigenvalue weighted by Crippen LogP contribution is 2.21. The van der Waals surface area contributed by atoms with Crippen LogP contribution < -0.4 is 20.9 Å². The van der Waals surface area contributed by atoms with Crippen molar-refractivity contribution in [3.8, 4) is 5.75 Å². The van der Waals surface area contributed by atoms with Crippen molar-refractivity contribution in [2.45, 2.75) is 13.8 Å². The van der Waals surface area contributed by atoms with E-state index in [0.29, 0.717) is 23.7 Å². The SMILES string of the molecule is CCOc1ccc(N(NC(=O)c2nn(C)c(C)c2Cl)C(N)=S)cc1. The van der Waals surface area contributed by atoms with Gasteiger partial charge in [0.2, 0.25) is 0 Å². The number of aryl methyl sites for hydroxylation is 1. The van der Waals surface area contributed by atoms with Crippen molar-refractivity contribution < 1.29 is 9.53 Å². The third-order valence-electron chi connectivity index (χ3n) is 3.32. The molecule has 2 aromatic rings. The number of hydrogen-bond donors (Lipinski definition) is 2. The molecule has 1 aromatic carbocycles. The molecule has 0 spiro atoms. The number of benzene rings is 1. The van der Waals surface area contributed by atoms with E-state index >= 15 is 0 Å². The molecule has 24 heavy (non-hydrogen) atoms. The summed E-state index contributed by atoms with van der Waals surface area (Å²) >= 11 is 11.1. The van der Waals surface area contributed by atoms with Gasteiger partial charge in [-0.25, -0.2) is 5.01 Å². The third-order valence-corrected chi connectivity index (χ3v) is 3.95. The maximum atomic E-state index is 12.4. The first-order chi connectivity index (χ1) is 11.3. The zero-order chi connectivity index (χ0) is 17.9. The lowest BCUT2D eigenvalue weighted by Crippen LogP contribution is -2.49. The molecule has 9 heteroatoms. The number of ether oxygens (including phenoxy) is 1. The van der Waals surface area contributed by atoms with Gasteiger partial charge in [0.15, 0.2) is 10.8 Å². The molecule has 0 fully saturated rings. The van der Waals surface area contributed by atoms with Crippen molar-refractivity contribution in [1.29, 1.82) is 0 Å². The van der Waals surface area contributed by atoms with Crippen molar-refractivity contribution in [2.75, 3.05) is 11.6 Å². The number of nitrogens with one attached hydrogen (secondary N) is 1. The molecule has 0 aliphatic rings. The van der Waals surface area contributed by atoms with Gasteiger partial charge in [-0.05, 0) is 50.3 Å². The molecule has 1 aromatic heterocycles. The second kappa shape index (κ2) is 7.50. The van der Waals surface area contributed by atoms with Crippen LogP contribution in [0.3, 0.4) is 0 Å². The molecule has 0 unspecified atom stereocenters. The highest BCUT2D eigenvalue weighted by atomic mass is 35.5. The summed E-state index contributed by atoms with van der Waals surface area (Å²) < 4.78 is 6.91. The fraction of sp³-hybridized carbons (Fsp3) is 0.267. The maximum Gasteiger partial charge on any atom is 0.292 e. The maximum absolute atomic E-state index is 12.4. The van der Waals surface area contributed by atoms with Gasteiger partial charge in [0.25, 0.3) is 5.91 Å². The average molecular weight is 368 g/mol. The fourth-order valence-electron chi connectivity index (χ4n) is 1.99. The Morgan fingerprint density at radius 2 is 2.08 bits per heavy atom. The molecule has 0 aliphatic carbocycles. The van der Waals surface area contributed by atoms with Crippen LogP contribution in [0.5, 0.6) is 5.75 Å². The smallest absolute Gasteiger partial charge is 0.292 e. The van der Waals surface area contributed by atoms with Gasteiger partial charge in [-0.1, -0.05) is 11.6 Å². The van der Waals surface area contributed by atoms with E-state index in [9.17, 15) is 4.79 Å². The molecule has 1 heterocycles. The largest absolute Gasteiger partial charge is 0.494 e. The zero-order valence-electron chi connectivity index (χ0n) is 13.5. The number of nitrogens with two attached hydrogens (primary N) is 1. The monoisotopic (exact) mass is 367 g/mol. The molecular formula is C15H18ClN5O2S. The Labute approximate surface area is 150 Å². The van der Waals surface area contributed by atoms with Gasteiger partial charge in [-0.3, -0.25) is 14.9 Å². The Bertz CT molecular complexity index is 760. The number of hydrogen-bond acceptors (Lipinski definition) is 4. The number of carbonyl (C=O) groups excluding carboxylic acids is 1. The van der Waals surface area contributed by atoms with Crippen molar-refractivity contribution in [3.05, 3.63) is 40.7 Å². The van der Waals surface area contributed by atoms with Crippen LogP contribution in [0.15, 0.2) is 24.3 Å². The van der Waals surface area contributed by atoms with E-state index in [1.807, 2.05) is 6.92 Å².